The van der Waals surface area contributed by atoms with Crippen LogP contribution in [-0.2, 0) is 5.54 Å². The smallest absolute Gasteiger partial charge is 0.111 e. The number of fused-ring (bicyclic) bond motifs is 1. The van der Waals surface area contributed by atoms with E-state index >= 15 is 0 Å². The summed E-state index contributed by atoms with van der Waals surface area (Å²) >= 11 is 6.04. The average molecular weight is 347 g/mol. The second kappa shape index (κ2) is 7.12. The molecule has 0 amide bonds. The molecule has 3 atom stereocenters. The Kier molecular flexibility index (Phi) is 5.12. The molecule has 1 saturated heterocycles. The van der Waals surface area contributed by atoms with Crippen molar-refractivity contribution in [2.75, 3.05) is 13.2 Å². The van der Waals surface area contributed by atoms with E-state index in [1.54, 1.807) is 0 Å². The minimum absolute atomic E-state index is 0.0650. The summed E-state index contributed by atoms with van der Waals surface area (Å²) in [4.78, 5) is 0. The van der Waals surface area contributed by atoms with Crippen LogP contribution >= 0.6 is 11.6 Å². The van der Waals surface area contributed by atoms with E-state index in [4.69, 9.17) is 16.7 Å². The average Bonchev–Trinajstić information content (AvgIpc) is 2.99. The highest BCUT2D eigenvalue weighted by molar-refractivity contribution is 6.30. The number of benzene rings is 1. The summed E-state index contributed by atoms with van der Waals surface area (Å²) in [5, 5.41) is 24.8. The molecule has 0 radical (unpaired) electrons. The Hall–Kier alpha value is -1.58. The molecule has 2 aliphatic heterocycles. The molecular weight excluding hydrogens is 324 g/mol. The van der Waals surface area contributed by atoms with Crippen molar-refractivity contribution >= 4 is 11.6 Å². The van der Waals surface area contributed by atoms with E-state index < -0.39 is 0 Å². The number of hydrazine groups is 1. The minimum atomic E-state index is -0.360. The van der Waals surface area contributed by atoms with Gasteiger partial charge in [0.05, 0.1) is 17.5 Å². The molecule has 24 heavy (non-hydrogen) atoms. The van der Waals surface area contributed by atoms with E-state index in [2.05, 4.69) is 34.8 Å². The summed E-state index contributed by atoms with van der Waals surface area (Å²) in [6.45, 7) is 3.00. The number of nitriles is 1. The van der Waals surface area contributed by atoms with Gasteiger partial charge in [-0.1, -0.05) is 23.7 Å². The number of aliphatic hydroxyl groups excluding tert-OH is 1. The van der Waals surface area contributed by atoms with Crippen molar-refractivity contribution in [2.24, 2.45) is 5.92 Å². The van der Waals surface area contributed by atoms with Gasteiger partial charge in [0.2, 0.25) is 0 Å². The molecule has 0 aromatic heterocycles. The summed E-state index contributed by atoms with van der Waals surface area (Å²) in [6, 6.07) is 10.3. The number of unbranched alkanes of at least 4 members (excludes halogenated alkanes) is 1. The molecule has 0 spiro atoms. The van der Waals surface area contributed by atoms with E-state index in [9.17, 15) is 5.26 Å². The first-order chi connectivity index (χ1) is 11.6. The van der Waals surface area contributed by atoms with Gasteiger partial charge in [-0.25, -0.2) is 5.01 Å². The van der Waals surface area contributed by atoms with Crippen molar-refractivity contribution in [3.8, 4) is 6.07 Å². The van der Waals surface area contributed by atoms with Gasteiger partial charge in [-0.2, -0.15) is 5.26 Å². The van der Waals surface area contributed by atoms with Crippen LogP contribution in [0.25, 0.3) is 0 Å². The van der Waals surface area contributed by atoms with Gasteiger partial charge in [-0.05, 0) is 50.0 Å². The van der Waals surface area contributed by atoms with E-state index in [0.717, 1.165) is 30.5 Å². The van der Waals surface area contributed by atoms with Crippen molar-refractivity contribution in [3.05, 3.63) is 46.6 Å². The Labute approximate surface area is 147 Å². The van der Waals surface area contributed by atoms with Gasteiger partial charge in [-0.15, -0.1) is 0 Å². The molecule has 1 aromatic rings. The third-order valence-corrected chi connectivity index (χ3v) is 5.13. The van der Waals surface area contributed by atoms with Crippen LogP contribution in [0, 0.1) is 17.2 Å². The summed E-state index contributed by atoms with van der Waals surface area (Å²) in [5.74, 6) is -0.113. The highest BCUT2D eigenvalue weighted by Gasteiger charge is 2.47. The zero-order chi connectivity index (χ0) is 17.2. The van der Waals surface area contributed by atoms with Gasteiger partial charge in [0.15, 0.2) is 0 Å². The predicted molar refractivity (Wildman–Crippen MR) is 93.7 cm³/mol. The normalized spacial score (nSPS) is 29.5. The standard InChI is InChI=1S/C18H23ClN4O/c1-18(14-5-7-15(19)8-6-14)10-16(4-2-3-9-24)22-17-13(11-20)12-21-23(17)18/h5-8,10,13,17,21-22,24H,2-4,9,12H2,1H3. The SMILES string of the molecule is CC1(c2ccc(Cl)cc2)C=C(CCCCO)NC2C(C#N)CNN21. The Balaban J connectivity index is 1.95. The zero-order valence-electron chi connectivity index (χ0n) is 13.8. The lowest BCUT2D eigenvalue weighted by molar-refractivity contribution is 0.0433. The maximum absolute atomic E-state index is 9.46. The number of halogens is 1. The molecule has 128 valence electrons. The van der Waals surface area contributed by atoms with Crippen LogP contribution in [0.3, 0.4) is 0 Å². The molecule has 3 unspecified atom stereocenters. The summed E-state index contributed by atoms with van der Waals surface area (Å²) < 4.78 is 0. The van der Waals surface area contributed by atoms with Crippen LogP contribution in [0.2, 0.25) is 5.02 Å². The molecular formula is C18H23ClN4O. The quantitative estimate of drug-likeness (QED) is 0.714. The highest BCUT2D eigenvalue weighted by atomic mass is 35.5. The molecule has 1 aromatic carbocycles. The van der Waals surface area contributed by atoms with Crippen molar-refractivity contribution < 1.29 is 5.11 Å². The van der Waals surface area contributed by atoms with E-state index in [0.29, 0.717) is 11.6 Å². The van der Waals surface area contributed by atoms with Gasteiger partial charge in [0.25, 0.3) is 0 Å². The zero-order valence-corrected chi connectivity index (χ0v) is 14.6. The van der Waals surface area contributed by atoms with Gasteiger partial charge in [0, 0.05) is 23.9 Å². The van der Waals surface area contributed by atoms with Gasteiger partial charge < -0.3 is 10.4 Å². The molecule has 1 fully saturated rings. The van der Waals surface area contributed by atoms with Gasteiger partial charge >= 0.3 is 0 Å². The fourth-order valence-electron chi connectivity index (χ4n) is 3.54. The summed E-state index contributed by atoms with van der Waals surface area (Å²) in [6.07, 6.45) is 4.72. The van der Waals surface area contributed by atoms with Crippen LogP contribution in [0.5, 0.6) is 0 Å². The largest absolute Gasteiger partial charge is 0.396 e. The van der Waals surface area contributed by atoms with E-state index in [1.807, 2.05) is 24.3 Å². The monoisotopic (exact) mass is 346 g/mol. The van der Waals surface area contributed by atoms with Crippen molar-refractivity contribution in [3.63, 3.8) is 0 Å². The third kappa shape index (κ3) is 3.15. The minimum Gasteiger partial charge on any atom is -0.396 e. The second-order valence-corrected chi connectivity index (χ2v) is 7.00. The van der Waals surface area contributed by atoms with Crippen LogP contribution in [0.1, 0.15) is 31.7 Å². The molecule has 6 heteroatoms. The highest BCUT2D eigenvalue weighted by Crippen LogP contribution is 2.38. The molecule has 2 aliphatic rings. The second-order valence-electron chi connectivity index (χ2n) is 6.56. The Morgan fingerprint density at radius 2 is 2.12 bits per heavy atom. The first-order valence-electron chi connectivity index (χ1n) is 8.36. The van der Waals surface area contributed by atoms with E-state index in [1.165, 1.54) is 0 Å². The summed E-state index contributed by atoms with van der Waals surface area (Å²) in [7, 11) is 0. The van der Waals surface area contributed by atoms with E-state index in [-0.39, 0.29) is 24.2 Å². The first-order valence-corrected chi connectivity index (χ1v) is 8.74. The van der Waals surface area contributed by atoms with Crippen LogP contribution in [0.15, 0.2) is 36.0 Å². The number of rotatable bonds is 5. The van der Waals surface area contributed by atoms with Crippen molar-refractivity contribution in [1.82, 2.24) is 15.8 Å². The number of allylic oxidation sites excluding steroid dienone is 1. The summed E-state index contributed by atoms with van der Waals surface area (Å²) in [5.41, 5.74) is 5.28. The lowest BCUT2D eigenvalue weighted by Crippen LogP contribution is -2.59. The van der Waals surface area contributed by atoms with Crippen molar-refractivity contribution in [1.29, 1.82) is 5.26 Å². The molecule has 0 saturated carbocycles. The lowest BCUT2D eigenvalue weighted by Gasteiger charge is -2.45. The number of aliphatic hydroxyl groups is 1. The third-order valence-electron chi connectivity index (χ3n) is 4.88. The number of nitrogens with zero attached hydrogens (tertiary/aromatic N) is 2. The fourth-order valence-corrected chi connectivity index (χ4v) is 3.67. The maximum atomic E-state index is 9.46. The van der Waals surface area contributed by atoms with Gasteiger partial charge in [0.1, 0.15) is 6.17 Å². The number of hydrogen-bond donors (Lipinski definition) is 3. The maximum Gasteiger partial charge on any atom is 0.111 e. The van der Waals surface area contributed by atoms with Crippen LogP contribution < -0.4 is 10.7 Å². The Bertz CT molecular complexity index is 654. The van der Waals surface area contributed by atoms with Crippen LogP contribution in [0.4, 0.5) is 0 Å². The first kappa shape index (κ1) is 17.2. The topological polar surface area (TPSA) is 71.3 Å². The molecule has 0 bridgehead atoms. The molecule has 0 aliphatic carbocycles. The van der Waals surface area contributed by atoms with Crippen molar-refractivity contribution in [2.45, 2.75) is 37.9 Å². The molecule has 5 nitrogen and oxygen atoms in total. The Morgan fingerprint density at radius 1 is 1.38 bits per heavy atom. The molecule has 3 rings (SSSR count). The predicted octanol–water partition coefficient (Wildman–Crippen LogP) is 2.49. The number of hydrogen-bond acceptors (Lipinski definition) is 5. The van der Waals surface area contributed by atoms with Crippen LogP contribution in [-0.4, -0.2) is 29.4 Å². The molecule has 3 N–H and O–H groups in total. The lowest BCUT2D eigenvalue weighted by atomic mass is 9.86. The fraction of sp³-hybridized carbons (Fsp3) is 0.500. The molecule has 2 heterocycles. The number of nitrogens with one attached hydrogen (secondary N) is 2. The van der Waals surface area contributed by atoms with Gasteiger partial charge in [-0.3, -0.25) is 5.43 Å². The Morgan fingerprint density at radius 3 is 2.79 bits per heavy atom.